The molecular formula is C23H20N4O2. The zero-order chi connectivity index (χ0) is 20.2. The van der Waals surface area contributed by atoms with Crippen LogP contribution in [0.25, 0.3) is 22.3 Å². The zero-order valence-electron chi connectivity index (χ0n) is 15.9. The Morgan fingerprint density at radius 2 is 1.62 bits per heavy atom. The molecule has 1 heterocycles. The van der Waals surface area contributed by atoms with E-state index in [2.05, 4.69) is 15.7 Å². The summed E-state index contributed by atoms with van der Waals surface area (Å²) in [7, 11) is 0. The van der Waals surface area contributed by atoms with Gasteiger partial charge in [-0.3, -0.25) is 9.59 Å². The molecule has 0 saturated heterocycles. The first-order chi connectivity index (χ1) is 14.1. The predicted octanol–water partition coefficient (Wildman–Crippen LogP) is 3.55. The van der Waals surface area contributed by atoms with E-state index in [0.29, 0.717) is 22.4 Å². The van der Waals surface area contributed by atoms with Gasteiger partial charge in [0, 0.05) is 11.3 Å². The van der Waals surface area contributed by atoms with Crippen LogP contribution in [0.15, 0.2) is 83.7 Å². The average molecular weight is 384 g/mol. The minimum atomic E-state index is -0.257. The van der Waals surface area contributed by atoms with Gasteiger partial charge in [0.05, 0.1) is 10.9 Å². The van der Waals surface area contributed by atoms with Gasteiger partial charge in [-0.05, 0) is 31.2 Å². The highest BCUT2D eigenvalue weighted by molar-refractivity contribution is 5.93. The highest BCUT2D eigenvalue weighted by atomic mass is 16.2. The van der Waals surface area contributed by atoms with Crippen molar-refractivity contribution in [2.24, 2.45) is 0 Å². The quantitative estimate of drug-likeness (QED) is 0.552. The van der Waals surface area contributed by atoms with Gasteiger partial charge in [0.2, 0.25) is 5.91 Å². The van der Waals surface area contributed by atoms with Crippen LogP contribution in [0.1, 0.15) is 5.56 Å². The summed E-state index contributed by atoms with van der Waals surface area (Å²) in [6.45, 7) is 1.91. The highest BCUT2D eigenvalue weighted by Crippen LogP contribution is 2.17. The molecule has 0 aliphatic heterocycles. The number of hydrogen-bond donors (Lipinski definition) is 2. The van der Waals surface area contributed by atoms with Crippen LogP contribution < -0.4 is 16.3 Å². The molecule has 1 amide bonds. The van der Waals surface area contributed by atoms with E-state index in [0.717, 1.165) is 11.1 Å². The van der Waals surface area contributed by atoms with E-state index in [4.69, 9.17) is 0 Å². The average Bonchev–Trinajstić information content (AvgIpc) is 2.75. The maximum Gasteiger partial charge on any atom is 0.280 e. The van der Waals surface area contributed by atoms with Crippen molar-refractivity contribution in [2.75, 3.05) is 17.3 Å². The number of para-hydroxylation sites is 1. The van der Waals surface area contributed by atoms with Gasteiger partial charge in [-0.25, -0.2) is 9.66 Å². The first-order valence-electron chi connectivity index (χ1n) is 9.29. The number of carbonyl (C=O) groups is 1. The summed E-state index contributed by atoms with van der Waals surface area (Å²) in [4.78, 5) is 30.1. The number of anilines is 1. The molecule has 0 atom stereocenters. The summed E-state index contributed by atoms with van der Waals surface area (Å²) in [5, 5.41) is 3.30. The molecule has 144 valence electrons. The Hall–Kier alpha value is -3.93. The van der Waals surface area contributed by atoms with Gasteiger partial charge in [-0.1, -0.05) is 60.2 Å². The summed E-state index contributed by atoms with van der Waals surface area (Å²) in [5.74, 6) is 0.199. The van der Waals surface area contributed by atoms with Crippen LogP contribution in [0.3, 0.4) is 0 Å². The number of amides is 1. The van der Waals surface area contributed by atoms with Gasteiger partial charge in [0.25, 0.3) is 5.56 Å². The van der Waals surface area contributed by atoms with E-state index in [-0.39, 0.29) is 18.0 Å². The Labute approximate surface area is 167 Å². The van der Waals surface area contributed by atoms with Crippen molar-refractivity contribution in [3.05, 3.63) is 94.8 Å². The smallest absolute Gasteiger partial charge is 0.280 e. The third kappa shape index (κ3) is 4.01. The van der Waals surface area contributed by atoms with Crippen LogP contribution >= 0.6 is 0 Å². The molecule has 29 heavy (non-hydrogen) atoms. The molecule has 4 aromatic rings. The van der Waals surface area contributed by atoms with Gasteiger partial charge in [0.1, 0.15) is 6.54 Å². The second-order valence-corrected chi connectivity index (χ2v) is 6.71. The second-order valence-electron chi connectivity index (χ2n) is 6.71. The first kappa shape index (κ1) is 18.4. The summed E-state index contributed by atoms with van der Waals surface area (Å²) in [6.07, 6.45) is 0. The number of nitrogens with one attached hydrogen (secondary N) is 2. The number of fused-ring (bicyclic) bond motifs is 1. The number of carbonyl (C=O) groups excluding carboxylic acids is 1. The van der Waals surface area contributed by atoms with Crippen LogP contribution in [0.4, 0.5) is 5.69 Å². The van der Waals surface area contributed by atoms with Crippen molar-refractivity contribution in [3.8, 4) is 11.4 Å². The molecule has 0 fully saturated rings. The number of benzene rings is 3. The van der Waals surface area contributed by atoms with E-state index < -0.39 is 0 Å². The van der Waals surface area contributed by atoms with E-state index in [1.165, 1.54) is 4.68 Å². The first-order valence-corrected chi connectivity index (χ1v) is 9.29. The van der Waals surface area contributed by atoms with Gasteiger partial charge in [-0.2, -0.15) is 0 Å². The molecular weight excluding hydrogens is 364 g/mol. The molecule has 0 radical (unpaired) electrons. The minimum Gasteiger partial charge on any atom is -0.325 e. The maximum absolute atomic E-state index is 13.1. The lowest BCUT2D eigenvalue weighted by molar-refractivity contribution is -0.114. The summed E-state index contributed by atoms with van der Waals surface area (Å²) in [6, 6.07) is 24.1. The monoisotopic (exact) mass is 384 g/mol. The fourth-order valence-electron chi connectivity index (χ4n) is 3.05. The molecule has 0 spiro atoms. The van der Waals surface area contributed by atoms with Crippen LogP contribution in [0.2, 0.25) is 0 Å². The van der Waals surface area contributed by atoms with Crippen LogP contribution in [0.5, 0.6) is 0 Å². The van der Waals surface area contributed by atoms with E-state index in [1.54, 1.807) is 18.2 Å². The summed E-state index contributed by atoms with van der Waals surface area (Å²) in [5.41, 5.74) is 5.89. The van der Waals surface area contributed by atoms with E-state index >= 15 is 0 Å². The molecule has 2 N–H and O–H groups in total. The Morgan fingerprint density at radius 3 is 2.38 bits per heavy atom. The van der Waals surface area contributed by atoms with E-state index in [9.17, 15) is 9.59 Å². The lowest BCUT2D eigenvalue weighted by Gasteiger charge is -2.15. The normalized spacial score (nSPS) is 10.7. The van der Waals surface area contributed by atoms with Gasteiger partial charge in [-0.15, -0.1) is 0 Å². The molecule has 0 saturated carbocycles. The van der Waals surface area contributed by atoms with Crippen molar-refractivity contribution < 1.29 is 4.79 Å². The number of rotatable bonds is 5. The lowest BCUT2D eigenvalue weighted by Crippen LogP contribution is -2.36. The van der Waals surface area contributed by atoms with Gasteiger partial charge < -0.3 is 10.7 Å². The van der Waals surface area contributed by atoms with Gasteiger partial charge >= 0.3 is 0 Å². The number of aromatic nitrogens is 2. The topological polar surface area (TPSA) is 76.0 Å². The molecule has 1 aromatic heterocycles. The zero-order valence-corrected chi connectivity index (χ0v) is 15.9. The molecule has 0 bridgehead atoms. The van der Waals surface area contributed by atoms with Crippen molar-refractivity contribution >= 4 is 22.5 Å². The molecule has 0 aliphatic rings. The second kappa shape index (κ2) is 7.98. The molecule has 3 aromatic carbocycles. The Morgan fingerprint density at radius 1 is 0.931 bits per heavy atom. The maximum atomic E-state index is 13.1. The summed E-state index contributed by atoms with van der Waals surface area (Å²) >= 11 is 0. The number of aryl methyl sites for hydroxylation is 1. The summed E-state index contributed by atoms with van der Waals surface area (Å²) < 4.78 is 1.34. The lowest BCUT2D eigenvalue weighted by atomic mass is 10.2. The molecule has 0 aliphatic carbocycles. The van der Waals surface area contributed by atoms with Gasteiger partial charge in [0.15, 0.2) is 5.82 Å². The largest absolute Gasteiger partial charge is 0.325 e. The SMILES string of the molecule is Cc1ccc(NC(=O)CNn2c(-c3ccccc3)nc3ccccc3c2=O)cc1. The van der Waals surface area contributed by atoms with Crippen molar-refractivity contribution in [1.82, 2.24) is 9.66 Å². The fourth-order valence-corrected chi connectivity index (χ4v) is 3.05. The molecule has 6 heteroatoms. The number of hydrogen-bond acceptors (Lipinski definition) is 4. The predicted molar refractivity (Wildman–Crippen MR) is 115 cm³/mol. The standard InChI is InChI=1S/C23H20N4O2/c1-16-11-13-18(14-12-16)25-21(28)15-24-27-22(17-7-3-2-4-8-17)26-20-10-6-5-9-19(20)23(27)29/h2-14,24H,15H2,1H3,(H,25,28). The Balaban J connectivity index is 1.65. The van der Waals surface area contributed by atoms with Crippen LogP contribution in [0, 0.1) is 6.92 Å². The minimum absolute atomic E-state index is 0.0758. The molecule has 6 nitrogen and oxygen atoms in total. The molecule has 4 rings (SSSR count). The van der Waals surface area contributed by atoms with Crippen molar-refractivity contribution in [2.45, 2.75) is 6.92 Å². The van der Waals surface area contributed by atoms with Crippen molar-refractivity contribution in [1.29, 1.82) is 0 Å². The third-order valence-electron chi connectivity index (χ3n) is 4.54. The Bertz CT molecular complexity index is 1220. The van der Waals surface area contributed by atoms with Crippen LogP contribution in [-0.4, -0.2) is 22.1 Å². The number of nitrogens with zero attached hydrogens (tertiary/aromatic N) is 2. The third-order valence-corrected chi connectivity index (χ3v) is 4.54. The highest BCUT2D eigenvalue weighted by Gasteiger charge is 2.13. The van der Waals surface area contributed by atoms with Crippen LogP contribution in [-0.2, 0) is 4.79 Å². The fraction of sp³-hybridized carbons (Fsp3) is 0.0870. The van der Waals surface area contributed by atoms with Crippen molar-refractivity contribution in [3.63, 3.8) is 0 Å². The Kier molecular flexibility index (Phi) is 5.07. The van der Waals surface area contributed by atoms with E-state index in [1.807, 2.05) is 67.6 Å². The molecule has 0 unspecified atom stereocenters.